The molecule has 1 unspecified atom stereocenters. The first-order chi connectivity index (χ1) is 12.7. The van der Waals surface area contributed by atoms with Gasteiger partial charge in [-0.05, 0) is 39.0 Å². The largest absolute Gasteiger partial charge is 0.459 e. The second kappa shape index (κ2) is 20.5. The molecule has 0 aliphatic heterocycles. The summed E-state index contributed by atoms with van der Waals surface area (Å²) >= 11 is 0. The van der Waals surface area contributed by atoms with E-state index in [1.807, 2.05) is 6.92 Å². The number of ether oxygens (including phenoxy) is 2. The molecular weight excluding hydrogens is 324 g/mol. The first kappa shape index (κ1) is 25.2. The lowest BCUT2D eigenvalue weighted by atomic mass is 10.0. The van der Waals surface area contributed by atoms with Gasteiger partial charge < -0.3 is 9.47 Å². The van der Waals surface area contributed by atoms with E-state index in [2.05, 4.69) is 13.5 Å². The van der Waals surface area contributed by atoms with Crippen molar-refractivity contribution in [3.05, 3.63) is 12.7 Å². The fraction of sp³-hybridized carbons (Fsp3) is 0.870. The van der Waals surface area contributed by atoms with Gasteiger partial charge >= 0.3 is 5.97 Å². The van der Waals surface area contributed by atoms with Crippen molar-refractivity contribution in [2.45, 2.75) is 116 Å². The number of hydrogen-bond acceptors (Lipinski definition) is 3. The van der Waals surface area contributed by atoms with E-state index in [0.717, 1.165) is 45.3 Å². The van der Waals surface area contributed by atoms with Crippen LogP contribution < -0.4 is 0 Å². The molecule has 0 spiro atoms. The van der Waals surface area contributed by atoms with Crippen molar-refractivity contribution in [1.82, 2.24) is 0 Å². The van der Waals surface area contributed by atoms with E-state index in [-0.39, 0.29) is 12.1 Å². The van der Waals surface area contributed by atoms with Gasteiger partial charge in [-0.1, -0.05) is 77.7 Å². The van der Waals surface area contributed by atoms with Crippen molar-refractivity contribution in [2.24, 2.45) is 0 Å². The van der Waals surface area contributed by atoms with Gasteiger partial charge in [0.1, 0.15) is 6.10 Å². The maximum absolute atomic E-state index is 11.5. The minimum absolute atomic E-state index is 0.0666. The topological polar surface area (TPSA) is 35.5 Å². The summed E-state index contributed by atoms with van der Waals surface area (Å²) in [5.74, 6) is -0.276. The van der Waals surface area contributed by atoms with E-state index in [1.54, 1.807) is 0 Å². The molecule has 3 nitrogen and oxygen atoms in total. The SMILES string of the molecule is C=CC(=O)OC(CCCCCCCCCCC)CCCCCCOCC. The normalized spacial score (nSPS) is 12.1. The lowest BCUT2D eigenvalue weighted by Gasteiger charge is -2.17. The van der Waals surface area contributed by atoms with Crippen molar-refractivity contribution >= 4 is 5.97 Å². The highest BCUT2D eigenvalue weighted by Gasteiger charge is 2.12. The molecule has 0 aliphatic carbocycles. The number of esters is 1. The van der Waals surface area contributed by atoms with Gasteiger partial charge in [-0.15, -0.1) is 0 Å². The minimum atomic E-state index is -0.276. The summed E-state index contributed by atoms with van der Waals surface area (Å²) in [7, 11) is 0. The Morgan fingerprint density at radius 1 is 0.808 bits per heavy atom. The maximum atomic E-state index is 11.5. The third kappa shape index (κ3) is 18.0. The van der Waals surface area contributed by atoms with Crippen molar-refractivity contribution in [1.29, 1.82) is 0 Å². The number of hydrogen-bond donors (Lipinski definition) is 0. The van der Waals surface area contributed by atoms with Gasteiger partial charge in [0.2, 0.25) is 0 Å². The lowest BCUT2D eigenvalue weighted by Crippen LogP contribution is -2.17. The summed E-state index contributed by atoms with van der Waals surface area (Å²) in [6, 6.07) is 0. The Morgan fingerprint density at radius 2 is 1.31 bits per heavy atom. The average Bonchev–Trinajstić information content (AvgIpc) is 2.65. The molecular formula is C23H44O3. The van der Waals surface area contributed by atoms with Gasteiger partial charge in [-0.25, -0.2) is 4.79 Å². The molecule has 0 aromatic carbocycles. The van der Waals surface area contributed by atoms with Gasteiger partial charge in [-0.2, -0.15) is 0 Å². The molecule has 0 amide bonds. The van der Waals surface area contributed by atoms with Crippen LogP contribution in [0, 0.1) is 0 Å². The van der Waals surface area contributed by atoms with Crippen molar-refractivity contribution in [2.75, 3.05) is 13.2 Å². The highest BCUT2D eigenvalue weighted by atomic mass is 16.5. The molecule has 0 N–H and O–H groups in total. The molecule has 0 saturated heterocycles. The zero-order valence-electron chi connectivity index (χ0n) is 17.6. The van der Waals surface area contributed by atoms with E-state index in [0.29, 0.717) is 0 Å². The molecule has 0 fully saturated rings. The maximum Gasteiger partial charge on any atom is 0.330 e. The number of carbonyl (C=O) groups excluding carboxylic acids is 1. The predicted molar refractivity (Wildman–Crippen MR) is 111 cm³/mol. The van der Waals surface area contributed by atoms with Crippen LogP contribution in [-0.4, -0.2) is 25.3 Å². The Kier molecular flexibility index (Phi) is 19.8. The number of unbranched alkanes of at least 4 members (excludes halogenated alkanes) is 11. The number of rotatable bonds is 20. The molecule has 0 saturated carbocycles. The van der Waals surface area contributed by atoms with Crippen LogP contribution in [0.3, 0.4) is 0 Å². The summed E-state index contributed by atoms with van der Waals surface area (Å²) in [5.41, 5.74) is 0. The highest BCUT2D eigenvalue weighted by molar-refractivity contribution is 5.81. The summed E-state index contributed by atoms with van der Waals surface area (Å²) < 4.78 is 10.9. The monoisotopic (exact) mass is 368 g/mol. The Bertz CT molecular complexity index is 315. The summed E-state index contributed by atoms with van der Waals surface area (Å²) in [6.07, 6.45) is 19.9. The average molecular weight is 369 g/mol. The second-order valence-electron chi connectivity index (χ2n) is 7.28. The van der Waals surface area contributed by atoms with Crippen molar-refractivity contribution in [3.8, 4) is 0 Å². The highest BCUT2D eigenvalue weighted by Crippen LogP contribution is 2.17. The van der Waals surface area contributed by atoms with E-state index in [9.17, 15) is 4.79 Å². The van der Waals surface area contributed by atoms with Crippen LogP contribution >= 0.6 is 0 Å². The van der Waals surface area contributed by atoms with Crippen LogP contribution in [-0.2, 0) is 14.3 Å². The van der Waals surface area contributed by atoms with Crippen molar-refractivity contribution < 1.29 is 14.3 Å². The lowest BCUT2D eigenvalue weighted by molar-refractivity contribution is -0.143. The molecule has 0 radical (unpaired) electrons. The zero-order chi connectivity index (χ0) is 19.3. The molecule has 0 aromatic rings. The summed E-state index contributed by atoms with van der Waals surface area (Å²) in [4.78, 5) is 11.5. The Balaban J connectivity index is 3.73. The Hall–Kier alpha value is -0.830. The van der Waals surface area contributed by atoms with Gasteiger partial charge in [0.25, 0.3) is 0 Å². The smallest absolute Gasteiger partial charge is 0.330 e. The molecule has 0 aromatic heterocycles. The molecule has 0 aliphatic rings. The predicted octanol–water partition coefficient (Wildman–Crippen LogP) is 6.99. The zero-order valence-corrected chi connectivity index (χ0v) is 17.6. The molecule has 26 heavy (non-hydrogen) atoms. The third-order valence-electron chi connectivity index (χ3n) is 4.85. The van der Waals surface area contributed by atoms with E-state index in [1.165, 1.54) is 70.3 Å². The van der Waals surface area contributed by atoms with E-state index >= 15 is 0 Å². The molecule has 0 bridgehead atoms. The Morgan fingerprint density at radius 3 is 1.81 bits per heavy atom. The summed E-state index contributed by atoms with van der Waals surface area (Å²) in [6.45, 7) is 9.48. The van der Waals surface area contributed by atoms with Gasteiger partial charge in [0, 0.05) is 19.3 Å². The fourth-order valence-corrected chi connectivity index (χ4v) is 3.23. The van der Waals surface area contributed by atoms with E-state index in [4.69, 9.17) is 9.47 Å². The van der Waals surface area contributed by atoms with Gasteiger partial charge in [0.05, 0.1) is 0 Å². The van der Waals surface area contributed by atoms with Gasteiger partial charge in [-0.3, -0.25) is 0 Å². The van der Waals surface area contributed by atoms with Crippen LogP contribution in [0.2, 0.25) is 0 Å². The van der Waals surface area contributed by atoms with Gasteiger partial charge in [0.15, 0.2) is 0 Å². The fourth-order valence-electron chi connectivity index (χ4n) is 3.23. The Labute approximate surface area is 162 Å². The summed E-state index contributed by atoms with van der Waals surface area (Å²) in [5, 5.41) is 0. The second-order valence-corrected chi connectivity index (χ2v) is 7.28. The first-order valence-electron chi connectivity index (χ1n) is 11.1. The van der Waals surface area contributed by atoms with Crippen molar-refractivity contribution in [3.63, 3.8) is 0 Å². The van der Waals surface area contributed by atoms with Crippen LogP contribution in [0.15, 0.2) is 12.7 Å². The third-order valence-corrected chi connectivity index (χ3v) is 4.85. The molecule has 3 heteroatoms. The minimum Gasteiger partial charge on any atom is -0.459 e. The van der Waals surface area contributed by atoms with Crippen LogP contribution in [0.5, 0.6) is 0 Å². The van der Waals surface area contributed by atoms with Crippen LogP contribution in [0.25, 0.3) is 0 Å². The van der Waals surface area contributed by atoms with Crippen LogP contribution in [0.4, 0.5) is 0 Å². The molecule has 154 valence electrons. The quantitative estimate of drug-likeness (QED) is 0.132. The molecule has 0 rings (SSSR count). The molecule has 0 heterocycles. The van der Waals surface area contributed by atoms with E-state index < -0.39 is 0 Å². The number of carbonyl (C=O) groups is 1. The standard InChI is InChI=1S/C23H44O3/c1-4-7-8-9-10-11-12-13-16-19-22(26-23(24)5-2)20-17-14-15-18-21-25-6-3/h5,22H,2,4,6-21H2,1,3H3. The molecule has 1 atom stereocenters. The first-order valence-corrected chi connectivity index (χ1v) is 11.1. The van der Waals surface area contributed by atoms with Crippen LogP contribution in [0.1, 0.15) is 110 Å².